The molecule has 0 aliphatic carbocycles. The maximum Gasteiger partial charge on any atom is 0.247 e. The number of hydrogen-bond donors (Lipinski definition) is 2. The summed E-state index contributed by atoms with van der Waals surface area (Å²) in [6, 6.07) is 14.5. The lowest BCUT2D eigenvalue weighted by Gasteiger charge is -2.36. The van der Waals surface area contributed by atoms with E-state index < -0.39 is 0 Å². The molecule has 2 aromatic heterocycles. The molecule has 10 heteroatoms. The molecule has 0 saturated carbocycles. The van der Waals surface area contributed by atoms with Crippen LogP contribution in [0.15, 0.2) is 73.6 Å². The van der Waals surface area contributed by atoms with Gasteiger partial charge in [0.05, 0.1) is 12.3 Å². The molecule has 1 amide bonds. The standard InChI is InChI=1S/C28H30FN7O2/c1-3-26(37)31-21-5-4-6-23(17-21)36-10-9-20-19-30-28(33-27(20)36)32-22-7-8-25(24(29)18-22)35-13-11-34(12-14-35)15-16-38-2/h3-10,17-19H,1,11-16H2,2H3,(H,31,37)(H,30,32,33). The van der Waals surface area contributed by atoms with Crippen LogP contribution in [-0.4, -0.2) is 71.8 Å². The summed E-state index contributed by atoms with van der Waals surface area (Å²) in [6.07, 6.45) is 4.84. The summed E-state index contributed by atoms with van der Waals surface area (Å²) in [5.41, 5.74) is 3.31. The molecule has 5 rings (SSSR count). The van der Waals surface area contributed by atoms with Crippen molar-refractivity contribution < 1.29 is 13.9 Å². The predicted molar refractivity (Wildman–Crippen MR) is 148 cm³/mol. The van der Waals surface area contributed by atoms with Crippen molar-refractivity contribution in [1.82, 2.24) is 19.4 Å². The molecule has 0 spiro atoms. The quantitative estimate of drug-likeness (QED) is 0.323. The van der Waals surface area contributed by atoms with Crippen molar-refractivity contribution in [2.24, 2.45) is 0 Å². The molecule has 2 N–H and O–H groups in total. The highest BCUT2D eigenvalue weighted by molar-refractivity contribution is 5.99. The molecule has 38 heavy (non-hydrogen) atoms. The van der Waals surface area contributed by atoms with Gasteiger partial charge in [-0.05, 0) is 48.5 Å². The van der Waals surface area contributed by atoms with E-state index in [1.807, 2.05) is 41.1 Å². The normalized spacial score (nSPS) is 14.0. The lowest BCUT2D eigenvalue weighted by molar-refractivity contribution is -0.111. The molecule has 9 nitrogen and oxygen atoms in total. The number of hydrogen-bond acceptors (Lipinski definition) is 7. The monoisotopic (exact) mass is 515 g/mol. The molecule has 3 heterocycles. The van der Waals surface area contributed by atoms with Crippen LogP contribution in [0, 0.1) is 5.82 Å². The smallest absolute Gasteiger partial charge is 0.247 e. The Bertz CT molecular complexity index is 1450. The number of anilines is 4. The van der Waals surface area contributed by atoms with Gasteiger partial charge in [0.1, 0.15) is 11.5 Å². The number of amides is 1. The average molecular weight is 516 g/mol. The second-order valence-electron chi connectivity index (χ2n) is 9.01. The fraction of sp³-hybridized carbons (Fsp3) is 0.250. The first kappa shape index (κ1) is 25.4. The van der Waals surface area contributed by atoms with Crippen LogP contribution in [0.3, 0.4) is 0 Å². The van der Waals surface area contributed by atoms with Crippen LogP contribution in [0.4, 0.5) is 27.4 Å². The summed E-state index contributed by atoms with van der Waals surface area (Å²) in [5, 5.41) is 6.74. The van der Waals surface area contributed by atoms with Crippen LogP contribution in [-0.2, 0) is 9.53 Å². The van der Waals surface area contributed by atoms with Crippen molar-refractivity contribution >= 4 is 40.0 Å². The van der Waals surface area contributed by atoms with Gasteiger partial charge in [0.25, 0.3) is 0 Å². The average Bonchev–Trinajstić information content (AvgIpc) is 3.36. The molecule has 1 aliphatic heterocycles. The Balaban J connectivity index is 1.31. The lowest BCUT2D eigenvalue weighted by Crippen LogP contribution is -2.47. The van der Waals surface area contributed by atoms with Crippen molar-refractivity contribution in [3.8, 4) is 5.69 Å². The van der Waals surface area contributed by atoms with Crippen LogP contribution in [0.1, 0.15) is 0 Å². The molecule has 2 aromatic carbocycles. The number of carbonyl (C=O) groups is 1. The van der Waals surface area contributed by atoms with Crippen LogP contribution in [0.25, 0.3) is 16.7 Å². The Morgan fingerprint density at radius 2 is 1.97 bits per heavy atom. The minimum absolute atomic E-state index is 0.282. The third-order valence-electron chi connectivity index (χ3n) is 6.53. The van der Waals surface area contributed by atoms with Gasteiger partial charge in [0, 0.05) is 74.7 Å². The van der Waals surface area contributed by atoms with Gasteiger partial charge < -0.3 is 24.8 Å². The fourth-order valence-corrected chi connectivity index (χ4v) is 4.52. The summed E-state index contributed by atoms with van der Waals surface area (Å²) in [7, 11) is 1.70. The first-order valence-corrected chi connectivity index (χ1v) is 12.4. The minimum Gasteiger partial charge on any atom is -0.383 e. The zero-order valence-electron chi connectivity index (χ0n) is 21.2. The van der Waals surface area contributed by atoms with Crippen LogP contribution < -0.4 is 15.5 Å². The van der Waals surface area contributed by atoms with Gasteiger partial charge >= 0.3 is 0 Å². The number of fused-ring (bicyclic) bond motifs is 1. The lowest BCUT2D eigenvalue weighted by atomic mass is 10.2. The molecular formula is C28H30FN7O2. The van der Waals surface area contributed by atoms with Gasteiger partial charge in [0.2, 0.25) is 11.9 Å². The third-order valence-corrected chi connectivity index (χ3v) is 6.53. The number of halogens is 1. The first-order chi connectivity index (χ1) is 18.5. The Kier molecular flexibility index (Phi) is 7.62. The minimum atomic E-state index is -0.289. The second-order valence-corrected chi connectivity index (χ2v) is 9.01. The zero-order valence-corrected chi connectivity index (χ0v) is 21.2. The molecule has 4 aromatic rings. The number of piperazine rings is 1. The van der Waals surface area contributed by atoms with E-state index in [1.165, 1.54) is 12.1 Å². The van der Waals surface area contributed by atoms with Crippen molar-refractivity contribution in [3.63, 3.8) is 0 Å². The van der Waals surface area contributed by atoms with E-state index in [0.29, 0.717) is 35.3 Å². The van der Waals surface area contributed by atoms with Crippen molar-refractivity contribution in [2.75, 3.05) is 62.0 Å². The van der Waals surface area contributed by atoms with E-state index in [-0.39, 0.29) is 11.7 Å². The van der Waals surface area contributed by atoms with Crippen molar-refractivity contribution in [2.45, 2.75) is 0 Å². The van der Waals surface area contributed by atoms with E-state index in [9.17, 15) is 4.79 Å². The fourth-order valence-electron chi connectivity index (χ4n) is 4.52. The number of carbonyl (C=O) groups excluding carboxylic acids is 1. The van der Waals surface area contributed by atoms with Gasteiger partial charge in [-0.1, -0.05) is 12.6 Å². The Labute approximate surface area is 220 Å². The molecular weight excluding hydrogens is 485 g/mol. The van der Waals surface area contributed by atoms with Crippen LogP contribution in [0.5, 0.6) is 0 Å². The van der Waals surface area contributed by atoms with Crippen LogP contribution in [0.2, 0.25) is 0 Å². The van der Waals surface area contributed by atoms with Gasteiger partial charge in [-0.15, -0.1) is 0 Å². The number of ether oxygens (including phenoxy) is 1. The zero-order chi connectivity index (χ0) is 26.5. The maximum atomic E-state index is 15.1. The molecule has 196 valence electrons. The number of rotatable bonds is 9. The van der Waals surface area contributed by atoms with Gasteiger partial charge in [-0.3, -0.25) is 9.69 Å². The highest BCUT2D eigenvalue weighted by Gasteiger charge is 2.19. The number of nitrogens with zero attached hydrogens (tertiary/aromatic N) is 5. The molecule has 1 saturated heterocycles. The summed E-state index contributed by atoms with van der Waals surface area (Å²) >= 11 is 0. The second kappa shape index (κ2) is 11.4. The molecule has 0 radical (unpaired) electrons. The number of methoxy groups -OCH3 is 1. The molecule has 0 bridgehead atoms. The highest BCUT2D eigenvalue weighted by Crippen LogP contribution is 2.27. The Morgan fingerprint density at radius 3 is 2.74 bits per heavy atom. The summed E-state index contributed by atoms with van der Waals surface area (Å²) in [6.45, 7) is 8.36. The summed E-state index contributed by atoms with van der Waals surface area (Å²) in [5.74, 6) is -0.216. The number of nitrogens with one attached hydrogen (secondary N) is 2. The highest BCUT2D eigenvalue weighted by atomic mass is 19.1. The summed E-state index contributed by atoms with van der Waals surface area (Å²) in [4.78, 5) is 25.2. The van der Waals surface area contributed by atoms with E-state index in [0.717, 1.165) is 43.8 Å². The third kappa shape index (κ3) is 5.66. The molecule has 1 fully saturated rings. The van der Waals surface area contributed by atoms with Gasteiger partial charge in [-0.2, -0.15) is 4.98 Å². The largest absolute Gasteiger partial charge is 0.383 e. The molecule has 1 aliphatic rings. The summed E-state index contributed by atoms with van der Waals surface area (Å²) < 4.78 is 22.1. The SMILES string of the molecule is C=CC(=O)Nc1cccc(-n2ccc3cnc(Nc4ccc(N5CCN(CCOC)CC5)c(F)c4)nc32)c1. The first-order valence-electron chi connectivity index (χ1n) is 12.4. The van der Waals surface area contributed by atoms with Crippen molar-refractivity contribution in [1.29, 1.82) is 0 Å². The number of benzene rings is 2. The number of aromatic nitrogens is 3. The van der Waals surface area contributed by atoms with E-state index in [4.69, 9.17) is 4.74 Å². The van der Waals surface area contributed by atoms with Gasteiger partial charge in [-0.25, -0.2) is 9.37 Å². The maximum absolute atomic E-state index is 15.1. The van der Waals surface area contributed by atoms with E-state index in [1.54, 1.807) is 25.4 Å². The topological polar surface area (TPSA) is 87.6 Å². The predicted octanol–water partition coefficient (Wildman–Crippen LogP) is 4.20. The molecule has 0 atom stereocenters. The Morgan fingerprint density at radius 1 is 1.13 bits per heavy atom. The van der Waals surface area contributed by atoms with Crippen molar-refractivity contribution in [3.05, 3.63) is 79.4 Å². The van der Waals surface area contributed by atoms with Gasteiger partial charge in [0.15, 0.2) is 0 Å². The van der Waals surface area contributed by atoms with E-state index >= 15 is 4.39 Å². The molecule has 0 unspecified atom stereocenters. The Hall–Kier alpha value is -4.28. The van der Waals surface area contributed by atoms with Crippen LogP contribution >= 0.6 is 0 Å². The van der Waals surface area contributed by atoms with E-state index in [2.05, 4.69) is 37.0 Å².